The molecular weight excluding hydrogens is 240 g/mol. The van der Waals surface area contributed by atoms with Gasteiger partial charge >= 0.3 is 0 Å². The van der Waals surface area contributed by atoms with Gasteiger partial charge in [0, 0.05) is 51.7 Å². The van der Waals surface area contributed by atoms with Crippen LogP contribution in [0.1, 0.15) is 19.3 Å². The number of carbonyl (C=O) groups is 1. The van der Waals surface area contributed by atoms with Gasteiger partial charge in [-0.3, -0.25) is 9.69 Å². The highest BCUT2D eigenvalue weighted by molar-refractivity contribution is 5.77. The first-order valence-corrected chi connectivity index (χ1v) is 7.53. The maximum absolute atomic E-state index is 12.2. The average molecular weight is 268 g/mol. The van der Waals surface area contributed by atoms with Gasteiger partial charge in [-0.05, 0) is 33.5 Å². The lowest BCUT2D eigenvalue weighted by Gasteiger charge is -2.35. The fraction of sp³-hybridized carbons (Fsp3) is 0.929. The van der Waals surface area contributed by atoms with Crippen LogP contribution in [-0.4, -0.2) is 86.6 Å². The van der Waals surface area contributed by atoms with Crippen LogP contribution in [0.25, 0.3) is 0 Å². The SMILES string of the molecule is CN(C)CCN1CCN(C(=O)CC2CCCN2)CC1. The monoisotopic (exact) mass is 268 g/mol. The van der Waals surface area contributed by atoms with Gasteiger partial charge < -0.3 is 15.1 Å². The van der Waals surface area contributed by atoms with E-state index in [2.05, 4.69) is 29.2 Å². The largest absolute Gasteiger partial charge is 0.340 e. The molecule has 2 heterocycles. The normalized spacial score (nSPS) is 25.2. The molecule has 0 aromatic heterocycles. The van der Waals surface area contributed by atoms with Crippen molar-refractivity contribution in [2.45, 2.75) is 25.3 Å². The molecule has 1 atom stereocenters. The molecule has 110 valence electrons. The molecule has 0 saturated carbocycles. The zero-order valence-electron chi connectivity index (χ0n) is 12.4. The van der Waals surface area contributed by atoms with Crippen LogP contribution in [0.4, 0.5) is 0 Å². The van der Waals surface area contributed by atoms with Gasteiger partial charge in [-0.1, -0.05) is 0 Å². The number of nitrogens with one attached hydrogen (secondary N) is 1. The second kappa shape index (κ2) is 7.22. The highest BCUT2D eigenvalue weighted by atomic mass is 16.2. The van der Waals surface area contributed by atoms with E-state index in [9.17, 15) is 4.79 Å². The smallest absolute Gasteiger partial charge is 0.224 e. The third-order valence-corrected chi connectivity index (χ3v) is 4.17. The summed E-state index contributed by atoms with van der Waals surface area (Å²) in [6, 6.07) is 0.430. The summed E-state index contributed by atoms with van der Waals surface area (Å²) < 4.78 is 0. The molecule has 2 aliphatic heterocycles. The predicted octanol–water partition coefficient (Wildman–Crippen LogP) is -0.166. The van der Waals surface area contributed by atoms with E-state index < -0.39 is 0 Å². The lowest BCUT2D eigenvalue weighted by Crippen LogP contribution is -2.50. The van der Waals surface area contributed by atoms with Crippen LogP contribution in [0.5, 0.6) is 0 Å². The Hall–Kier alpha value is -0.650. The summed E-state index contributed by atoms with van der Waals surface area (Å²) >= 11 is 0. The molecule has 2 aliphatic rings. The first kappa shape index (κ1) is 14.8. The molecule has 1 amide bonds. The predicted molar refractivity (Wildman–Crippen MR) is 77.2 cm³/mol. The molecule has 2 rings (SSSR count). The van der Waals surface area contributed by atoms with Crippen LogP contribution in [0, 0.1) is 0 Å². The molecule has 5 nitrogen and oxygen atoms in total. The highest BCUT2D eigenvalue weighted by Crippen LogP contribution is 2.12. The third-order valence-electron chi connectivity index (χ3n) is 4.17. The van der Waals surface area contributed by atoms with Crippen LogP contribution in [0.3, 0.4) is 0 Å². The summed E-state index contributed by atoms with van der Waals surface area (Å²) in [4.78, 5) is 18.9. The molecule has 0 spiro atoms. The van der Waals surface area contributed by atoms with Crippen molar-refractivity contribution >= 4 is 5.91 Å². The van der Waals surface area contributed by atoms with Crippen LogP contribution in [0.2, 0.25) is 0 Å². The Morgan fingerprint density at radius 3 is 2.58 bits per heavy atom. The second-order valence-corrected chi connectivity index (χ2v) is 6.02. The molecule has 1 unspecified atom stereocenters. The van der Waals surface area contributed by atoms with Crippen LogP contribution in [-0.2, 0) is 4.79 Å². The molecular formula is C14H28N4O. The number of amides is 1. The Bertz CT molecular complexity index is 281. The van der Waals surface area contributed by atoms with E-state index in [-0.39, 0.29) is 0 Å². The maximum Gasteiger partial charge on any atom is 0.224 e. The third kappa shape index (κ3) is 4.75. The second-order valence-electron chi connectivity index (χ2n) is 6.02. The molecule has 19 heavy (non-hydrogen) atoms. The van der Waals surface area contributed by atoms with Crippen LogP contribution in [0.15, 0.2) is 0 Å². The van der Waals surface area contributed by atoms with Crippen molar-refractivity contribution in [2.24, 2.45) is 0 Å². The number of carbonyl (C=O) groups excluding carboxylic acids is 1. The van der Waals surface area contributed by atoms with Crippen molar-refractivity contribution in [2.75, 3.05) is 59.9 Å². The zero-order valence-corrected chi connectivity index (χ0v) is 12.4. The van der Waals surface area contributed by atoms with E-state index in [4.69, 9.17) is 0 Å². The molecule has 1 N–H and O–H groups in total. The minimum Gasteiger partial charge on any atom is -0.340 e. The summed E-state index contributed by atoms with van der Waals surface area (Å²) in [5.41, 5.74) is 0. The van der Waals surface area contributed by atoms with Crippen molar-refractivity contribution in [1.82, 2.24) is 20.0 Å². The molecule has 0 aromatic carbocycles. The van der Waals surface area contributed by atoms with E-state index in [1.807, 2.05) is 4.90 Å². The van der Waals surface area contributed by atoms with E-state index in [0.717, 1.165) is 52.2 Å². The van der Waals surface area contributed by atoms with Crippen molar-refractivity contribution < 1.29 is 4.79 Å². The fourth-order valence-electron chi connectivity index (χ4n) is 2.83. The quantitative estimate of drug-likeness (QED) is 0.752. The van der Waals surface area contributed by atoms with Crippen LogP contribution < -0.4 is 5.32 Å². The number of piperazine rings is 1. The summed E-state index contributed by atoms with van der Waals surface area (Å²) in [5.74, 6) is 0.339. The highest BCUT2D eigenvalue weighted by Gasteiger charge is 2.24. The molecule has 5 heteroatoms. The lowest BCUT2D eigenvalue weighted by atomic mass is 10.1. The van der Waals surface area contributed by atoms with Gasteiger partial charge in [-0.25, -0.2) is 0 Å². The first-order valence-electron chi connectivity index (χ1n) is 7.53. The Balaban J connectivity index is 1.65. The van der Waals surface area contributed by atoms with E-state index >= 15 is 0 Å². The molecule has 0 aliphatic carbocycles. The van der Waals surface area contributed by atoms with Gasteiger partial charge in [0.05, 0.1) is 0 Å². The van der Waals surface area contributed by atoms with Gasteiger partial charge in [0.1, 0.15) is 0 Å². The molecule has 2 fully saturated rings. The van der Waals surface area contributed by atoms with Crippen LogP contribution >= 0.6 is 0 Å². The summed E-state index contributed by atoms with van der Waals surface area (Å²) in [5, 5.41) is 3.40. The number of likely N-dealkylation sites (N-methyl/N-ethyl adjacent to an activating group) is 1. The first-order chi connectivity index (χ1) is 9.15. The Morgan fingerprint density at radius 1 is 1.26 bits per heavy atom. The number of hydrogen-bond donors (Lipinski definition) is 1. The average Bonchev–Trinajstić information content (AvgIpc) is 2.89. The standard InChI is InChI=1S/C14H28N4O/c1-16(2)6-7-17-8-10-18(11-9-17)14(19)12-13-4-3-5-15-13/h13,15H,3-12H2,1-2H3. The van der Waals surface area contributed by atoms with Crippen molar-refractivity contribution in [1.29, 1.82) is 0 Å². The minimum atomic E-state index is 0.339. The number of nitrogens with zero attached hydrogens (tertiary/aromatic N) is 3. The van der Waals surface area contributed by atoms with Gasteiger partial charge in [-0.15, -0.1) is 0 Å². The van der Waals surface area contributed by atoms with Gasteiger partial charge in [0.25, 0.3) is 0 Å². The fourth-order valence-corrected chi connectivity index (χ4v) is 2.83. The number of rotatable bonds is 5. The molecule has 0 radical (unpaired) electrons. The zero-order chi connectivity index (χ0) is 13.7. The van der Waals surface area contributed by atoms with Gasteiger partial charge in [0.15, 0.2) is 0 Å². The Morgan fingerprint density at radius 2 is 2.00 bits per heavy atom. The van der Waals surface area contributed by atoms with Crippen molar-refractivity contribution in [3.63, 3.8) is 0 Å². The Kier molecular flexibility index (Phi) is 5.60. The maximum atomic E-state index is 12.2. The van der Waals surface area contributed by atoms with E-state index in [1.165, 1.54) is 6.42 Å². The summed E-state index contributed by atoms with van der Waals surface area (Å²) in [6.07, 6.45) is 3.07. The summed E-state index contributed by atoms with van der Waals surface area (Å²) in [7, 11) is 4.21. The van der Waals surface area contributed by atoms with Crippen molar-refractivity contribution in [3.05, 3.63) is 0 Å². The topological polar surface area (TPSA) is 38.8 Å². The lowest BCUT2D eigenvalue weighted by molar-refractivity contribution is -0.133. The van der Waals surface area contributed by atoms with Crippen molar-refractivity contribution in [3.8, 4) is 0 Å². The molecule has 0 aromatic rings. The summed E-state index contributed by atoms with van der Waals surface area (Å²) in [6.45, 7) is 7.14. The minimum absolute atomic E-state index is 0.339. The Labute approximate surface area is 116 Å². The number of hydrogen-bond acceptors (Lipinski definition) is 4. The van der Waals surface area contributed by atoms with Gasteiger partial charge in [0.2, 0.25) is 5.91 Å². The van der Waals surface area contributed by atoms with E-state index in [1.54, 1.807) is 0 Å². The molecule has 0 bridgehead atoms. The van der Waals surface area contributed by atoms with Gasteiger partial charge in [-0.2, -0.15) is 0 Å². The molecule has 2 saturated heterocycles. The van der Waals surface area contributed by atoms with E-state index in [0.29, 0.717) is 18.4 Å².